The highest BCUT2D eigenvalue weighted by molar-refractivity contribution is 5.86. The first-order chi connectivity index (χ1) is 19.1. The second-order valence-electron chi connectivity index (χ2n) is 16.5. The van der Waals surface area contributed by atoms with Crippen LogP contribution in [0.4, 0.5) is 0 Å². The third-order valence-corrected chi connectivity index (χ3v) is 11.4. The van der Waals surface area contributed by atoms with Gasteiger partial charge in [-0.05, 0) is 80.1 Å². The Hall–Kier alpha value is -1.75. The van der Waals surface area contributed by atoms with Crippen LogP contribution in [0.15, 0.2) is 0 Å². The van der Waals surface area contributed by atoms with Crippen molar-refractivity contribution in [3.63, 3.8) is 0 Å². The predicted molar refractivity (Wildman–Crippen MR) is 164 cm³/mol. The third kappa shape index (κ3) is 12.6. The van der Waals surface area contributed by atoms with Crippen molar-refractivity contribution in [2.45, 2.75) is 134 Å². The van der Waals surface area contributed by atoms with Crippen molar-refractivity contribution in [2.24, 2.45) is 0 Å². The highest BCUT2D eigenvalue weighted by Crippen LogP contribution is 2.32. The smallest absolute Gasteiger partial charge is 0.114 e. The number of nitrogens with zero attached hydrogens (tertiary/aromatic N) is 3. The van der Waals surface area contributed by atoms with Gasteiger partial charge in [0, 0.05) is 44.0 Å². The van der Waals surface area contributed by atoms with Crippen LogP contribution >= 0.6 is 0 Å². The molecule has 3 saturated heterocycles. The van der Waals surface area contributed by atoms with E-state index in [9.17, 15) is 29.7 Å². The normalized spacial score (nSPS) is 24.2. The molecule has 0 spiro atoms. The number of quaternary nitrogens is 3. The number of aliphatic carboxylic acids is 3. The van der Waals surface area contributed by atoms with E-state index >= 15 is 0 Å². The standard InChI is InChI=1S/3C9H20N.C6H8O7/c3*1-9(2)7-5-6-8-10(9,3)4;7-3(8)1-6(13,5(11)12)2-4(9)10/h3*5-8H2,1-4H3;13H,1-2H2,(H,7,8)(H,9,10)(H,11,12)/q3*+1;/p-3. The minimum Gasteiger partial charge on any atom is -0.550 e. The van der Waals surface area contributed by atoms with Gasteiger partial charge >= 0.3 is 0 Å². The Morgan fingerprint density at radius 3 is 0.907 bits per heavy atom. The van der Waals surface area contributed by atoms with Crippen LogP contribution in [-0.4, -0.2) is 121 Å². The van der Waals surface area contributed by atoms with E-state index in [4.69, 9.17) is 5.11 Å². The van der Waals surface area contributed by atoms with E-state index in [1.807, 2.05) is 0 Å². The zero-order valence-corrected chi connectivity index (χ0v) is 29.6. The van der Waals surface area contributed by atoms with Gasteiger partial charge in [-0.2, -0.15) is 0 Å². The first-order valence-electron chi connectivity index (χ1n) is 16.0. The molecule has 1 N–H and O–H groups in total. The van der Waals surface area contributed by atoms with Crippen LogP contribution in [0.3, 0.4) is 0 Å². The zero-order valence-electron chi connectivity index (χ0n) is 29.6. The molecule has 3 aliphatic heterocycles. The minimum atomic E-state index is -2.97. The van der Waals surface area contributed by atoms with Gasteiger partial charge in [0.1, 0.15) is 5.60 Å². The molecule has 0 unspecified atom stereocenters. The third-order valence-electron chi connectivity index (χ3n) is 11.4. The van der Waals surface area contributed by atoms with Crippen molar-refractivity contribution in [3.8, 4) is 0 Å². The number of carbonyl (C=O) groups is 3. The summed E-state index contributed by atoms with van der Waals surface area (Å²) in [6.45, 7) is 18.3. The van der Waals surface area contributed by atoms with Crippen LogP contribution < -0.4 is 15.3 Å². The average Bonchev–Trinajstić information content (AvgIpc) is 2.80. The molecular formula is C33H65N3O7. The maximum atomic E-state index is 10.1. The summed E-state index contributed by atoms with van der Waals surface area (Å²) in [4.78, 5) is 30.0. The van der Waals surface area contributed by atoms with Gasteiger partial charge in [0.15, 0.2) is 0 Å². The summed E-state index contributed by atoms with van der Waals surface area (Å²) < 4.78 is 3.60. The van der Waals surface area contributed by atoms with Crippen LogP contribution in [0, 0.1) is 0 Å². The first kappa shape index (κ1) is 41.2. The van der Waals surface area contributed by atoms with Gasteiger partial charge in [-0.1, -0.05) is 0 Å². The summed E-state index contributed by atoms with van der Waals surface area (Å²) in [7, 11) is 14.1. The van der Waals surface area contributed by atoms with Crippen LogP contribution in [0.1, 0.15) is 112 Å². The van der Waals surface area contributed by atoms with Gasteiger partial charge in [-0.25, -0.2) is 0 Å². The van der Waals surface area contributed by atoms with Crippen molar-refractivity contribution >= 4 is 17.9 Å². The lowest BCUT2D eigenvalue weighted by atomic mass is 9.89. The fraction of sp³-hybridized carbons (Fsp3) is 0.909. The lowest BCUT2D eigenvalue weighted by Gasteiger charge is -2.48. The molecule has 10 heteroatoms. The Morgan fingerprint density at radius 2 is 0.791 bits per heavy atom. The van der Waals surface area contributed by atoms with Gasteiger partial charge in [0.2, 0.25) is 0 Å². The number of rotatable bonds is 5. The van der Waals surface area contributed by atoms with Crippen LogP contribution in [0.5, 0.6) is 0 Å². The Kier molecular flexibility index (Phi) is 14.9. The molecule has 3 fully saturated rings. The highest BCUT2D eigenvalue weighted by atomic mass is 16.4. The number of hydrogen-bond donors (Lipinski definition) is 1. The van der Waals surface area contributed by atoms with E-state index in [2.05, 4.69) is 83.8 Å². The van der Waals surface area contributed by atoms with E-state index in [1.54, 1.807) is 0 Å². The maximum Gasteiger partial charge on any atom is 0.114 e. The molecule has 0 saturated carbocycles. The van der Waals surface area contributed by atoms with Gasteiger partial charge in [0.25, 0.3) is 0 Å². The molecule has 0 aromatic heterocycles. The van der Waals surface area contributed by atoms with Crippen molar-refractivity contribution in [2.75, 3.05) is 61.9 Å². The van der Waals surface area contributed by atoms with Crippen molar-refractivity contribution in [1.82, 2.24) is 0 Å². The monoisotopic (exact) mass is 615 g/mol. The summed E-state index contributed by atoms with van der Waals surface area (Å²) in [6, 6.07) is 0. The molecule has 10 nitrogen and oxygen atoms in total. The summed E-state index contributed by atoms with van der Waals surface area (Å²) >= 11 is 0. The highest BCUT2D eigenvalue weighted by Gasteiger charge is 2.40. The SMILES string of the molecule is CC1(C)CCCC[N+]1(C)C.CC1(C)CCCC[N+]1(C)C.CC1(C)CCCC[N+]1(C)C.O=C([O-])CC(O)(CC(=O)[O-])C(=O)[O-]. The molecule has 0 amide bonds. The van der Waals surface area contributed by atoms with E-state index in [-0.39, 0.29) is 0 Å². The second-order valence-corrected chi connectivity index (χ2v) is 16.5. The molecule has 0 aromatic rings. The van der Waals surface area contributed by atoms with E-state index in [0.29, 0.717) is 16.6 Å². The largest absolute Gasteiger partial charge is 0.550 e. The maximum absolute atomic E-state index is 10.1. The Balaban J connectivity index is 0.000000550. The number of carbonyl (C=O) groups excluding carboxylic acids is 3. The van der Waals surface area contributed by atoms with Crippen LogP contribution in [0.2, 0.25) is 0 Å². The number of piperidine rings is 3. The summed E-state index contributed by atoms with van der Waals surface area (Å²) in [5, 5.41) is 38.9. The number of carboxylic acid groups (broad SMARTS) is 3. The van der Waals surface area contributed by atoms with Crippen LogP contribution in [-0.2, 0) is 14.4 Å². The number of hydrogen-bond acceptors (Lipinski definition) is 7. The minimum absolute atomic E-state index is 0.512. The predicted octanol–water partition coefficient (Wildman–Crippen LogP) is 0.823. The zero-order chi connectivity index (χ0) is 34.1. The van der Waals surface area contributed by atoms with E-state index < -0.39 is 36.4 Å². The first-order valence-corrected chi connectivity index (χ1v) is 16.0. The summed E-state index contributed by atoms with van der Waals surface area (Å²) in [5.74, 6) is -5.98. The van der Waals surface area contributed by atoms with Gasteiger partial charge in [0.05, 0.1) is 84.5 Å². The van der Waals surface area contributed by atoms with Crippen molar-refractivity contribution < 1.29 is 48.3 Å². The number of carboxylic acids is 3. The molecule has 3 heterocycles. The van der Waals surface area contributed by atoms with Crippen molar-refractivity contribution in [1.29, 1.82) is 0 Å². The quantitative estimate of drug-likeness (QED) is 0.452. The van der Waals surface area contributed by atoms with Crippen molar-refractivity contribution in [3.05, 3.63) is 0 Å². The molecule has 3 aliphatic rings. The van der Waals surface area contributed by atoms with E-state index in [1.165, 1.54) is 90.9 Å². The molecule has 3 rings (SSSR count). The fourth-order valence-electron chi connectivity index (χ4n) is 5.69. The molecule has 0 atom stereocenters. The lowest BCUT2D eigenvalue weighted by molar-refractivity contribution is -0.943. The Bertz CT molecular complexity index is 783. The van der Waals surface area contributed by atoms with Gasteiger partial charge in [-0.15, -0.1) is 0 Å². The summed E-state index contributed by atoms with van der Waals surface area (Å²) in [6.07, 6.45) is 9.97. The lowest BCUT2D eigenvalue weighted by Crippen LogP contribution is -2.58. The van der Waals surface area contributed by atoms with E-state index in [0.717, 1.165) is 0 Å². The molecule has 0 bridgehead atoms. The topological polar surface area (TPSA) is 141 Å². The van der Waals surface area contributed by atoms with Gasteiger partial charge in [-0.3, -0.25) is 0 Å². The van der Waals surface area contributed by atoms with Gasteiger partial charge < -0.3 is 48.3 Å². The molecule has 0 aromatic carbocycles. The molecule has 0 aliphatic carbocycles. The summed E-state index contributed by atoms with van der Waals surface area (Å²) in [5.41, 5.74) is -1.44. The molecular weight excluding hydrogens is 550 g/mol. The number of aliphatic hydroxyl groups is 1. The second kappa shape index (κ2) is 15.5. The fourth-order valence-corrected chi connectivity index (χ4v) is 5.69. The Morgan fingerprint density at radius 1 is 0.558 bits per heavy atom. The molecule has 43 heavy (non-hydrogen) atoms. The Labute approximate surface area is 262 Å². The van der Waals surface area contributed by atoms with Crippen LogP contribution in [0.25, 0.3) is 0 Å². The molecule has 0 radical (unpaired) electrons. The number of likely N-dealkylation sites (tertiary alicyclic amines) is 3. The molecule has 254 valence electrons. The average molecular weight is 616 g/mol.